The number of aromatic nitrogens is 3. The van der Waals surface area contributed by atoms with Gasteiger partial charge in [-0.25, -0.2) is 4.79 Å². The van der Waals surface area contributed by atoms with E-state index >= 15 is 0 Å². The Labute approximate surface area is 186 Å². The summed E-state index contributed by atoms with van der Waals surface area (Å²) in [4.78, 5) is 21.1. The number of fused-ring (bicyclic) bond motifs is 2. The van der Waals surface area contributed by atoms with E-state index in [0.29, 0.717) is 5.75 Å². The first-order chi connectivity index (χ1) is 15.1. The molecule has 3 aromatic heterocycles. The molecule has 2 aromatic carbocycles. The Bertz CT molecular complexity index is 1420. The predicted octanol–water partition coefficient (Wildman–Crippen LogP) is 6.18. The highest BCUT2D eigenvalue weighted by molar-refractivity contribution is 5.94. The van der Waals surface area contributed by atoms with Crippen molar-refractivity contribution in [2.75, 3.05) is 7.05 Å². The van der Waals surface area contributed by atoms with Gasteiger partial charge in [0.1, 0.15) is 11.5 Å². The Morgan fingerprint density at radius 2 is 1.84 bits per heavy atom. The highest BCUT2D eigenvalue weighted by atomic mass is 16.5. The van der Waals surface area contributed by atoms with E-state index in [1.165, 1.54) is 0 Å². The molecule has 0 aliphatic rings. The Balaban J connectivity index is 0.00000245. The lowest BCUT2D eigenvalue weighted by atomic mass is 10.1. The van der Waals surface area contributed by atoms with Crippen LogP contribution in [-0.2, 0) is 0 Å². The van der Waals surface area contributed by atoms with E-state index in [4.69, 9.17) is 4.74 Å². The van der Waals surface area contributed by atoms with Gasteiger partial charge in [-0.15, -0.1) is 0 Å². The minimum Gasteiger partial charge on any atom is -0.457 e. The van der Waals surface area contributed by atoms with Gasteiger partial charge >= 0.3 is 6.03 Å². The fourth-order valence-electron chi connectivity index (χ4n) is 3.81. The monoisotopic (exact) mass is 424 g/mol. The fourth-order valence-corrected chi connectivity index (χ4v) is 3.81. The van der Waals surface area contributed by atoms with E-state index in [2.05, 4.69) is 15.3 Å². The number of hydrogen-bond acceptors (Lipinski definition) is 4. The lowest BCUT2D eigenvalue weighted by Crippen LogP contribution is -2.25. The van der Waals surface area contributed by atoms with Crippen molar-refractivity contribution in [2.45, 2.75) is 14.4 Å². The highest BCUT2D eigenvalue weighted by Crippen LogP contribution is 2.33. The predicted molar refractivity (Wildman–Crippen MR) is 128 cm³/mol. The van der Waals surface area contributed by atoms with Gasteiger partial charge in [-0.05, 0) is 61.5 Å². The summed E-state index contributed by atoms with van der Waals surface area (Å²) < 4.78 is 7.87. The molecular formula is C26H24N4O2. The van der Waals surface area contributed by atoms with Crippen molar-refractivity contribution < 1.29 is 9.53 Å². The van der Waals surface area contributed by atoms with E-state index in [1.54, 1.807) is 24.0 Å². The Kier molecular flexibility index (Phi) is 5.60. The van der Waals surface area contributed by atoms with E-state index in [1.807, 2.05) is 73.7 Å². The van der Waals surface area contributed by atoms with Crippen molar-refractivity contribution in [1.29, 1.82) is 0 Å². The molecule has 0 radical (unpaired) electrons. The summed E-state index contributed by atoms with van der Waals surface area (Å²) in [5.41, 5.74) is 4.44. The molecule has 0 saturated carbocycles. The molecule has 1 amide bonds. The Morgan fingerprint density at radius 1 is 0.969 bits per heavy atom. The highest BCUT2D eigenvalue weighted by Gasteiger charge is 2.13. The number of rotatable bonds is 3. The number of nitrogens with zero attached hydrogens (tertiary/aromatic N) is 3. The number of carbonyl (C=O) groups excluding carboxylic acids is 1. The van der Waals surface area contributed by atoms with Crippen molar-refractivity contribution in [3.8, 4) is 22.8 Å². The number of nitrogens with one attached hydrogen (secondary N) is 1. The molecule has 5 rings (SSSR count). The second kappa shape index (κ2) is 8.51. The summed E-state index contributed by atoms with van der Waals surface area (Å²) in [6, 6.07) is 21.3. The van der Waals surface area contributed by atoms with E-state index in [0.717, 1.165) is 44.5 Å². The summed E-state index contributed by atoms with van der Waals surface area (Å²) in [5, 5.41) is 4.53. The van der Waals surface area contributed by atoms with Crippen molar-refractivity contribution in [2.24, 2.45) is 0 Å². The van der Waals surface area contributed by atoms with E-state index in [-0.39, 0.29) is 13.5 Å². The number of benzene rings is 2. The van der Waals surface area contributed by atoms with E-state index < -0.39 is 0 Å². The van der Waals surface area contributed by atoms with Crippen LogP contribution >= 0.6 is 0 Å². The summed E-state index contributed by atoms with van der Waals surface area (Å²) in [7, 11) is 1.62. The first kappa shape index (κ1) is 21.1. The molecule has 0 atom stereocenters. The van der Waals surface area contributed by atoms with Crippen LogP contribution in [0.2, 0.25) is 0 Å². The maximum absolute atomic E-state index is 12.2. The number of amides is 1. The van der Waals surface area contributed by atoms with Crippen LogP contribution in [0.1, 0.15) is 13.1 Å². The van der Waals surface area contributed by atoms with Crippen LogP contribution in [-0.4, -0.2) is 27.6 Å². The lowest BCUT2D eigenvalue weighted by molar-refractivity contribution is 0.245. The molecule has 5 aromatic rings. The van der Waals surface area contributed by atoms with Crippen LogP contribution in [0.25, 0.3) is 33.1 Å². The molecule has 0 unspecified atom stereocenters. The fraction of sp³-hybridized carbons (Fsp3) is 0.115. The van der Waals surface area contributed by atoms with Gasteiger partial charge in [0.15, 0.2) is 0 Å². The van der Waals surface area contributed by atoms with Gasteiger partial charge in [0.2, 0.25) is 0 Å². The van der Waals surface area contributed by atoms with Gasteiger partial charge in [0, 0.05) is 41.5 Å². The smallest absolute Gasteiger partial charge is 0.325 e. The molecule has 6 nitrogen and oxygen atoms in total. The molecule has 0 saturated heterocycles. The van der Waals surface area contributed by atoms with Gasteiger partial charge in [0.05, 0.1) is 16.7 Å². The first-order valence-electron chi connectivity index (χ1n) is 9.96. The third kappa shape index (κ3) is 3.67. The second-order valence-electron chi connectivity index (χ2n) is 7.25. The SMILES string of the molecule is C.CNC(=O)n1c(C)cc2cc(Oc3ccnc4cc(-c5ccccn5)ccc34)ccc21. The number of aryl methyl sites for hydroxylation is 1. The number of hydrogen-bond donors (Lipinski definition) is 1. The average molecular weight is 425 g/mol. The van der Waals surface area contributed by atoms with Crippen LogP contribution < -0.4 is 10.1 Å². The van der Waals surface area contributed by atoms with Crippen molar-refractivity contribution in [3.63, 3.8) is 0 Å². The molecule has 0 aliphatic carbocycles. The molecule has 0 aliphatic heterocycles. The zero-order valence-electron chi connectivity index (χ0n) is 17.2. The van der Waals surface area contributed by atoms with Crippen LogP contribution in [0.3, 0.4) is 0 Å². The zero-order valence-corrected chi connectivity index (χ0v) is 17.2. The summed E-state index contributed by atoms with van der Waals surface area (Å²) in [6.45, 7) is 1.91. The molecule has 0 spiro atoms. The molecule has 0 bridgehead atoms. The standard InChI is InChI=1S/C25H20N4O2.CH4/c1-16-13-18-14-19(7-9-23(18)29(16)25(30)26-2)31-24-10-12-28-22-15-17(6-8-20(22)24)21-5-3-4-11-27-21;/h3-15H,1-2H3,(H,26,30);1H4. The largest absolute Gasteiger partial charge is 0.457 e. The second-order valence-corrected chi connectivity index (χ2v) is 7.25. The van der Waals surface area contributed by atoms with Crippen LogP contribution in [0.15, 0.2) is 79.1 Å². The maximum Gasteiger partial charge on any atom is 0.325 e. The molecule has 160 valence electrons. The third-order valence-electron chi connectivity index (χ3n) is 5.27. The topological polar surface area (TPSA) is 69.0 Å². The number of pyridine rings is 2. The van der Waals surface area contributed by atoms with Crippen molar-refractivity contribution >= 4 is 27.8 Å². The van der Waals surface area contributed by atoms with Gasteiger partial charge in [0.25, 0.3) is 0 Å². The third-order valence-corrected chi connectivity index (χ3v) is 5.27. The van der Waals surface area contributed by atoms with Crippen LogP contribution in [0.5, 0.6) is 11.5 Å². The van der Waals surface area contributed by atoms with E-state index in [9.17, 15) is 4.79 Å². The van der Waals surface area contributed by atoms with Gasteiger partial charge in [-0.1, -0.05) is 19.6 Å². The van der Waals surface area contributed by atoms with Crippen molar-refractivity contribution in [1.82, 2.24) is 19.9 Å². The molecule has 3 heterocycles. The van der Waals surface area contributed by atoms with Gasteiger partial charge in [-0.3, -0.25) is 14.5 Å². The van der Waals surface area contributed by atoms with Crippen LogP contribution in [0, 0.1) is 6.92 Å². The number of ether oxygens (including phenoxy) is 1. The normalized spacial score (nSPS) is 10.7. The minimum atomic E-state index is -0.162. The maximum atomic E-state index is 12.2. The zero-order chi connectivity index (χ0) is 21.4. The number of carbonyl (C=O) groups is 1. The summed E-state index contributed by atoms with van der Waals surface area (Å²) in [5.74, 6) is 1.42. The molecule has 6 heteroatoms. The van der Waals surface area contributed by atoms with Gasteiger partial charge < -0.3 is 10.1 Å². The minimum absolute atomic E-state index is 0. The first-order valence-corrected chi connectivity index (χ1v) is 9.96. The quantitative estimate of drug-likeness (QED) is 0.376. The Morgan fingerprint density at radius 3 is 2.62 bits per heavy atom. The average Bonchev–Trinajstić information content (AvgIpc) is 3.14. The molecule has 1 N–H and O–H groups in total. The molecule has 32 heavy (non-hydrogen) atoms. The van der Waals surface area contributed by atoms with Crippen molar-refractivity contribution in [3.05, 3.63) is 84.8 Å². The summed E-state index contributed by atoms with van der Waals surface area (Å²) in [6.07, 6.45) is 3.52. The lowest BCUT2D eigenvalue weighted by Gasteiger charge is -2.10. The Hall–Kier alpha value is -4.19. The molecule has 0 fully saturated rings. The van der Waals surface area contributed by atoms with Crippen LogP contribution in [0.4, 0.5) is 4.79 Å². The van der Waals surface area contributed by atoms with Gasteiger partial charge in [-0.2, -0.15) is 0 Å². The molecular weight excluding hydrogens is 400 g/mol. The summed E-state index contributed by atoms with van der Waals surface area (Å²) >= 11 is 0.